The monoisotopic (exact) mass is 455 g/mol. The highest BCUT2D eigenvalue weighted by molar-refractivity contribution is 6.32. The van der Waals surface area contributed by atoms with Crippen molar-refractivity contribution in [3.05, 3.63) is 77.1 Å². The SMILES string of the molecule is C=CCNCC1(CNC)C(CO)N=C2CN=C(c3ccccc3F)c3cc(Cl)ccc3N21. The molecule has 0 saturated heterocycles. The number of hydrogen-bond acceptors (Lipinski definition) is 6. The molecule has 2 atom stereocenters. The zero-order chi connectivity index (χ0) is 22.7. The first kappa shape index (κ1) is 22.6. The second-order valence-electron chi connectivity index (χ2n) is 7.94. The molecule has 2 aliphatic heterocycles. The Hall–Kier alpha value is -2.58. The Labute approximate surface area is 192 Å². The number of likely N-dealkylation sites (N-methyl/N-ethyl adjacent to an activating group) is 1. The highest BCUT2D eigenvalue weighted by Gasteiger charge is 2.51. The van der Waals surface area contributed by atoms with Crippen molar-refractivity contribution in [2.75, 3.05) is 44.7 Å². The second kappa shape index (κ2) is 9.50. The third-order valence-electron chi connectivity index (χ3n) is 5.97. The molecule has 0 radical (unpaired) electrons. The van der Waals surface area contributed by atoms with Crippen LogP contribution in [0.2, 0.25) is 5.02 Å². The molecule has 2 unspecified atom stereocenters. The van der Waals surface area contributed by atoms with E-state index in [2.05, 4.69) is 22.1 Å². The van der Waals surface area contributed by atoms with Crippen LogP contribution in [0.4, 0.5) is 10.1 Å². The Balaban J connectivity index is 1.91. The minimum atomic E-state index is -0.593. The number of benzene rings is 2. The molecule has 6 nitrogen and oxygen atoms in total. The maximum Gasteiger partial charge on any atom is 0.132 e. The molecule has 0 bridgehead atoms. The summed E-state index contributed by atoms with van der Waals surface area (Å²) < 4.78 is 14.8. The van der Waals surface area contributed by atoms with Crippen LogP contribution < -0.4 is 15.5 Å². The molecular formula is C24H27ClFN5O. The first-order valence-electron chi connectivity index (χ1n) is 10.6. The van der Waals surface area contributed by atoms with Crippen molar-refractivity contribution in [1.82, 2.24) is 10.6 Å². The third-order valence-corrected chi connectivity index (χ3v) is 6.20. The highest BCUT2D eigenvalue weighted by Crippen LogP contribution is 2.39. The number of rotatable bonds is 8. The quantitative estimate of drug-likeness (QED) is 0.422. The zero-order valence-corrected chi connectivity index (χ0v) is 18.7. The first-order valence-corrected chi connectivity index (χ1v) is 11.0. The van der Waals surface area contributed by atoms with Gasteiger partial charge in [-0.1, -0.05) is 29.8 Å². The number of aliphatic hydroxyl groups excluding tert-OH is 1. The van der Waals surface area contributed by atoms with Crippen molar-refractivity contribution in [2.24, 2.45) is 9.98 Å². The molecule has 0 spiro atoms. The number of nitrogens with one attached hydrogen (secondary N) is 2. The van der Waals surface area contributed by atoms with Crippen molar-refractivity contribution in [1.29, 1.82) is 0 Å². The topological polar surface area (TPSA) is 72.2 Å². The Kier molecular flexibility index (Phi) is 6.71. The van der Waals surface area contributed by atoms with Crippen molar-refractivity contribution in [3.63, 3.8) is 0 Å². The molecule has 2 heterocycles. The van der Waals surface area contributed by atoms with Gasteiger partial charge in [0.1, 0.15) is 17.7 Å². The summed E-state index contributed by atoms with van der Waals surface area (Å²) in [6.07, 6.45) is 1.80. The number of hydrogen-bond donors (Lipinski definition) is 3. The van der Waals surface area contributed by atoms with E-state index in [1.54, 1.807) is 24.3 Å². The molecule has 2 aromatic rings. The minimum Gasteiger partial charge on any atom is -0.394 e. The maximum atomic E-state index is 14.8. The molecule has 0 amide bonds. The van der Waals surface area contributed by atoms with Gasteiger partial charge < -0.3 is 20.6 Å². The standard InChI is InChI=1S/C24H27ClFN5O/c1-3-10-28-15-24(14-27-2)21(13-32)30-22-12-29-23(17-6-4-5-7-19(17)26)18-11-16(25)8-9-20(18)31(22)24/h3-9,11,21,27-28,32H,1,10,12-15H2,2H3. The third kappa shape index (κ3) is 3.86. The molecule has 0 saturated carbocycles. The molecule has 2 aromatic carbocycles. The Morgan fingerprint density at radius 3 is 2.81 bits per heavy atom. The van der Waals surface area contributed by atoms with E-state index in [1.165, 1.54) is 6.07 Å². The number of anilines is 1. The smallest absolute Gasteiger partial charge is 0.132 e. The first-order chi connectivity index (χ1) is 15.6. The van der Waals surface area contributed by atoms with Gasteiger partial charge >= 0.3 is 0 Å². The predicted molar refractivity (Wildman–Crippen MR) is 129 cm³/mol. The molecular weight excluding hydrogens is 429 g/mol. The van der Waals surface area contributed by atoms with E-state index in [1.807, 2.05) is 25.2 Å². The van der Waals surface area contributed by atoms with Gasteiger partial charge in [-0.25, -0.2) is 4.39 Å². The number of amidine groups is 1. The van der Waals surface area contributed by atoms with Crippen molar-refractivity contribution < 1.29 is 9.50 Å². The van der Waals surface area contributed by atoms with Crippen LogP contribution in [0, 0.1) is 5.82 Å². The van der Waals surface area contributed by atoms with Crippen molar-refractivity contribution >= 4 is 28.8 Å². The number of fused-ring (bicyclic) bond motifs is 3. The van der Waals surface area contributed by atoms with Crippen LogP contribution in [0.5, 0.6) is 0 Å². The summed E-state index contributed by atoms with van der Waals surface area (Å²) in [4.78, 5) is 11.8. The summed E-state index contributed by atoms with van der Waals surface area (Å²) in [5.74, 6) is 0.387. The summed E-state index contributed by atoms with van der Waals surface area (Å²) in [5, 5.41) is 17.5. The van der Waals surface area contributed by atoms with Crippen molar-refractivity contribution in [2.45, 2.75) is 11.6 Å². The lowest BCUT2D eigenvalue weighted by Crippen LogP contribution is -2.65. The molecule has 32 heavy (non-hydrogen) atoms. The minimum absolute atomic E-state index is 0.107. The molecule has 2 aliphatic rings. The fraction of sp³-hybridized carbons (Fsp3) is 0.333. The molecule has 0 aromatic heterocycles. The van der Waals surface area contributed by atoms with Gasteiger partial charge in [0.15, 0.2) is 0 Å². The largest absolute Gasteiger partial charge is 0.394 e. The maximum absolute atomic E-state index is 14.8. The van der Waals surface area contributed by atoms with E-state index in [9.17, 15) is 9.50 Å². The fourth-order valence-electron chi connectivity index (χ4n) is 4.63. The van der Waals surface area contributed by atoms with Crippen LogP contribution in [0.25, 0.3) is 0 Å². The van der Waals surface area contributed by atoms with Gasteiger partial charge in [0.2, 0.25) is 0 Å². The van der Waals surface area contributed by atoms with E-state index in [0.29, 0.717) is 35.9 Å². The normalized spacial score (nSPS) is 22.0. The van der Waals surface area contributed by atoms with Crippen LogP contribution in [0.15, 0.2) is 65.1 Å². The van der Waals surface area contributed by atoms with Gasteiger partial charge in [0.25, 0.3) is 0 Å². The molecule has 3 N–H and O–H groups in total. The lowest BCUT2D eigenvalue weighted by molar-refractivity contribution is 0.212. The lowest BCUT2D eigenvalue weighted by Gasteiger charge is -2.43. The Morgan fingerprint density at radius 2 is 2.09 bits per heavy atom. The van der Waals surface area contributed by atoms with Crippen LogP contribution in [-0.4, -0.2) is 68.1 Å². The van der Waals surface area contributed by atoms with E-state index in [0.717, 1.165) is 17.1 Å². The van der Waals surface area contributed by atoms with Gasteiger partial charge in [-0.2, -0.15) is 0 Å². The summed E-state index contributed by atoms with van der Waals surface area (Å²) in [6, 6.07) is 11.8. The second-order valence-corrected chi connectivity index (χ2v) is 8.38. The summed E-state index contributed by atoms with van der Waals surface area (Å²) in [7, 11) is 1.88. The van der Waals surface area contributed by atoms with Gasteiger partial charge in [-0.3, -0.25) is 9.98 Å². The van der Waals surface area contributed by atoms with Gasteiger partial charge in [0.05, 0.1) is 30.1 Å². The van der Waals surface area contributed by atoms with E-state index in [4.69, 9.17) is 21.6 Å². The molecule has 4 rings (SSSR count). The van der Waals surface area contributed by atoms with Gasteiger partial charge in [-0.05, 0) is 37.4 Å². The molecule has 168 valence electrons. The fourth-order valence-corrected chi connectivity index (χ4v) is 4.80. The van der Waals surface area contributed by atoms with Crippen molar-refractivity contribution in [3.8, 4) is 0 Å². The van der Waals surface area contributed by atoms with E-state index < -0.39 is 5.54 Å². The highest BCUT2D eigenvalue weighted by atomic mass is 35.5. The molecule has 0 aliphatic carbocycles. The Morgan fingerprint density at radius 1 is 1.28 bits per heavy atom. The van der Waals surface area contributed by atoms with Gasteiger partial charge in [0, 0.05) is 35.8 Å². The lowest BCUT2D eigenvalue weighted by atomic mass is 9.87. The summed E-state index contributed by atoms with van der Waals surface area (Å²) in [6.45, 7) is 5.68. The number of halogens is 2. The zero-order valence-electron chi connectivity index (χ0n) is 18.0. The Bertz CT molecular complexity index is 1070. The van der Waals surface area contributed by atoms with Crippen LogP contribution >= 0.6 is 11.6 Å². The number of nitrogens with zero attached hydrogens (tertiary/aromatic N) is 3. The average molecular weight is 456 g/mol. The number of aliphatic hydroxyl groups is 1. The van der Waals surface area contributed by atoms with E-state index in [-0.39, 0.29) is 25.0 Å². The predicted octanol–water partition coefficient (Wildman–Crippen LogP) is 2.64. The number of aliphatic imine (C=N–C) groups is 2. The van der Waals surface area contributed by atoms with Crippen LogP contribution in [-0.2, 0) is 0 Å². The van der Waals surface area contributed by atoms with Crippen LogP contribution in [0.1, 0.15) is 11.1 Å². The molecule has 0 fully saturated rings. The van der Waals surface area contributed by atoms with Crippen LogP contribution in [0.3, 0.4) is 0 Å². The summed E-state index contributed by atoms with van der Waals surface area (Å²) >= 11 is 6.38. The average Bonchev–Trinajstić information content (AvgIpc) is 2.99. The van der Waals surface area contributed by atoms with Gasteiger partial charge in [-0.15, -0.1) is 6.58 Å². The summed E-state index contributed by atoms with van der Waals surface area (Å²) in [5.41, 5.74) is 1.93. The van der Waals surface area contributed by atoms with E-state index >= 15 is 0 Å². The molecule has 8 heteroatoms.